The molecule has 0 aliphatic heterocycles. The average Bonchev–Trinajstić information content (AvgIpc) is 2.20. The Bertz CT molecular complexity index is 440. The van der Waals surface area contributed by atoms with Crippen LogP contribution in [0.1, 0.15) is 40.5 Å². The lowest BCUT2D eigenvalue weighted by Gasteiger charge is -2.42. The fourth-order valence-electron chi connectivity index (χ4n) is 3.01. The molecule has 2 aliphatic carbocycles. The van der Waals surface area contributed by atoms with E-state index in [1.54, 1.807) is 6.92 Å². The number of carbonyl (C=O) groups is 2. The molecule has 0 radical (unpaired) electrons. The van der Waals surface area contributed by atoms with Crippen LogP contribution in [0.3, 0.4) is 0 Å². The molecule has 2 atom stereocenters. The summed E-state index contributed by atoms with van der Waals surface area (Å²) in [6.07, 6.45) is 3.01. The molecule has 0 heterocycles. The Morgan fingerprint density at radius 3 is 2.44 bits per heavy atom. The van der Waals surface area contributed by atoms with Gasteiger partial charge in [0.2, 0.25) is 0 Å². The van der Waals surface area contributed by atoms with Crippen molar-refractivity contribution in [2.24, 2.45) is 11.3 Å². The fraction of sp³-hybridized carbons (Fsp3) is 0.571. The van der Waals surface area contributed by atoms with E-state index in [2.05, 4.69) is 13.8 Å². The second-order valence-electron chi connectivity index (χ2n) is 5.47. The number of hydrogen-bond acceptors (Lipinski definition) is 2. The zero-order valence-corrected chi connectivity index (χ0v) is 10.4. The molecule has 0 N–H and O–H groups in total. The lowest BCUT2D eigenvalue weighted by Crippen LogP contribution is -2.45. The van der Waals surface area contributed by atoms with Crippen molar-refractivity contribution in [1.29, 1.82) is 0 Å². The minimum Gasteiger partial charge on any atom is -0.294 e. The molecule has 0 unspecified atom stereocenters. The van der Waals surface area contributed by atoms with Crippen molar-refractivity contribution < 1.29 is 9.59 Å². The number of hydrogen-bond donors (Lipinski definition) is 0. The zero-order chi connectivity index (χ0) is 12.1. The van der Waals surface area contributed by atoms with E-state index in [4.69, 9.17) is 0 Å². The largest absolute Gasteiger partial charge is 0.294 e. The van der Waals surface area contributed by atoms with E-state index in [0.29, 0.717) is 5.57 Å². The first-order valence-electron chi connectivity index (χ1n) is 5.78. The van der Waals surface area contributed by atoms with Crippen molar-refractivity contribution in [2.75, 3.05) is 0 Å². The maximum atomic E-state index is 12.2. The fourth-order valence-corrected chi connectivity index (χ4v) is 3.01. The third-order valence-electron chi connectivity index (χ3n) is 4.22. The van der Waals surface area contributed by atoms with Crippen molar-refractivity contribution in [2.45, 2.75) is 40.5 Å². The number of Topliss-reactive ketones (excluding diaryl/α,β-unsaturated/α-hetero) is 1. The highest BCUT2D eigenvalue weighted by Crippen LogP contribution is 2.48. The Morgan fingerprint density at radius 2 is 1.81 bits per heavy atom. The van der Waals surface area contributed by atoms with E-state index in [-0.39, 0.29) is 17.5 Å². The Hall–Kier alpha value is -1.18. The van der Waals surface area contributed by atoms with Gasteiger partial charge < -0.3 is 0 Å². The van der Waals surface area contributed by atoms with Gasteiger partial charge in [-0.2, -0.15) is 0 Å². The molecule has 0 spiro atoms. The quantitative estimate of drug-likeness (QED) is 0.586. The van der Waals surface area contributed by atoms with Gasteiger partial charge in [-0.1, -0.05) is 18.1 Å². The van der Waals surface area contributed by atoms with Gasteiger partial charge >= 0.3 is 0 Å². The second kappa shape index (κ2) is 3.41. The van der Waals surface area contributed by atoms with Crippen LogP contribution in [0.15, 0.2) is 22.8 Å². The number of ketones is 2. The summed E-state index contributed by atoms with van der Waals surface area (Å²) in [4.78, 5) is 24.2. The lowest BCUT2D eigenvalue weighted by molar-refractivity contribution is -0.136. The van der Waals surface area contributed by atoms with Gasteiger partial charge in [-0.3, -0.25) is 9.59 Å². The molecule has 0 saturated carbocycles. The van der Waals surface area contributed by atoms with Crippen LogP contribution in [0.5, 0.6) is 0 Å². The molecule has 2 nitrogen and oxygen atoms in total. The minimum atomic E-state index is -0.487. The van der Waals surface area contributed by atoms with Crippen LogP contribution in [0.4, 0.5) is 0 Å². The van der Waals surface area contributed by atoms with Crippen LogP contribution in [-0.4, -0.2) is 11.6 Å². The van der Waals surface area contributed by atoms with E-state index in [1.165, 1.54) is 17.2 Å². The standard InChI is InChI=1S/C14H18O2/c1-8-5-11-12(15)6-9(2)13(16)14(11,4)7-10(8)3/h6,11H,5,7H2,1-4H3/t11-,14-/m1/s1. The van der Waals surface area contributed by atoms with Crippen LogP contribution in [-0.2, 0) is 9.59 Å². The molecule has 16 heavy (non-hydrogen) atoms. The lowest BCUT2D eigenvalue weighted by atomic mass is 9.59. The van der Waals surface area contributed by atoms with Gasteiger partial charge in [0.1, 0.15) is 0 Å². The van der Waals surface area contributed by atoms with Gasteiger partial charge in [0.05, 0.1) is 0 Å². The molecular weight excluding hydrogens is 200 g/mol. The van der Waals surface area contributed by atoms with Crippen LogP contribution in [0.25, 0.3) is 0 Å². The molecule has 2 aliphatic rings. The maximum Gasteiger partial charge on any atom is 0.165 e. The van der Waals surface area contributed by atoms with E-state index >= 15 is 0 Å². The summed E-state index contributed by atoms with van der Waals surface area (Å²) < 4.78 is 0. The summed E-state index contributed by atoms with van der Waals surface area (Å²) in [5, 5.41) is 0. The molecular formula is C14H18O2. The molecule has 0 aromatic rings. The van der Waals surface area contributed by atoms with E-state index in [9.17, 15) is 9.59 Å². The smallest absolute Gasteiger partial charge is 0.165 e. The van der Waals surface area contributed by atoms with E-state index in [0.717, 1.165) is 12.8 Å². The molecule has 2 rings (SSSR count). The molecule has 0 fully saturated rings. The second-order valence-corrected chi connectivity index (χ2v) is 5.47. The van der Waals surface area contributed by atoms with Crippen molar-refractivity contribution in [3.05, 3.63) is 22.8 Å². The molecule has 2 heteroatoms. The molecule has 86 valence electrons. The van der Waals surface area contributed by atoms with Crippen molar-refractivity contribution >= 4 is 11.6 Å². The summed E-state index contributed by atoms with van der Waals surface area (Å²) in [5.41, 5.74) is 2.68. The predicted octanol–water partition coefficient (Wildman–Crippen LogP) is 2.84. The molecule has 0 aromatic carbocycles. The van der Waals surface area contributed by atoms with Gasteiger partial charge in [0.15, 0.2) is 11.6 Å². The monoisotopic (exact) mass is 218 g/mol. The first-order valence-corrected chi connectivity index (χ1v) is 5.78. The van der Waals surface area contributed by atoms with E-state index < -0.39 is 5.41 Å². The van der Waals surface area contributed by atoms with E-state index in [1.807, 2.05) is 6.92 Å². The maximum absolute atomic E-state index is 12.2. The third-order valence-corrected chi connectivity index (χ3v) is 4.22. The normalized spacial score (nSPS) is 35.0. The number of rotatable bonds is 0. The van der Waals surface area contributed by atoms with Crippen molar-refractivity contribution in [1.82, 2.24) is 0 Å². The number of carbonyl (C=O) groups excluding carboxylic acids is 2. The predicted molar refractivity (Wildman–Crippen MR) is 63.0 cm³/mol. The van der Waals surface area contributed by atoms with Gasteiger partial charge in [-0.25, -0.2) is 0 Å². The van der Waals surface area contributed by atoms with Crippen LogP contribution in [0.2, 0.25) is 0 Å². The molecule has 0 amide bonds. The zero-order valence-electron chi connectivity index (χ0n) is 10.4. The Labute approximate surface area is 96.4 Å². The Morgan fingerprint density at radius 1 is 1.19 bits per heavy atom. The van der Waals surface area contributed by atoms with Gasteiger partial charge in [-0.05, 0) is 45.3 Å². The summed E-state index contributed by atoms with van der Waals surface area (Å²) in [6, 6.07) is 0. The average molecular weight is 218 g/mol. The van der Waals surface area contributed by atoms with Gasteiger partial charge in [0.25, 0.3) is 0 Å². The summed E-state index contributed by atoms with van der Waals surface area (Å²) >= 11 is 0. The number of fused-ring (bicyclic) bond motifs is 1. The molecule has 0 aromatic heterocycles. The Kier molecular flexibility index (Phi) is 2.41. The number of allylic oxidation sites excluding steroid dienone is 4. The summed E-state index contributed by atoms with van der Waals surface area (Å²) in [7, 11) is 0. The first-order chi connectivity index (χ1) is 7.36. The third kappa shape index (κ3) is 1.40. The summed E-state index contributed by atoms with van der Waals surface area (Å²) in [5.74, 6) is 0.155. The molecule has 0 saturated heterocycles. The van der Waals surface area contributed by atoms with Crippen LogP contribution < -0.4 is 0 Å². The highest BCUT2D eigenvalue weighted by molar-refractivity contribution is 6.12. The SMILES string of the molecule is CC1=CC(=O)[C@H]2CC(C)=C(C)C[C@@]2(C)C1=O. The highest BCUT2D eigenvalue weighted by Gasteiger charge is 2.49. The topological polar surface area (TPSA) is 34.1 Å². The van der Waals surface area contributed by atoms with Crippen LogP contribution >= 0.6 is 0 Å². The highest BCUT2D eigenvalue weighted by atomic mass is 16.1. The summed E-state index contributed by atoms with van der Waals surface area (Å²) in [6.45, 7) is 7.84. The van der Waals surface area contributed by atoms with Crippen LogP contribution in [0, 0.1) is 11.3 Å². The van der Waals surface area contributed by atoms with Crippen molar-refractivity contribution in [3.8, 4) is 0 Å². The van der Waals surface area contributed by atoms with Gasteiger partial charge in [0, 0.05) is 11.3 Å². The van der Waals surface area contributed by atoms with Gasteiger partial charge in [-0.15, -0.1) is 0 Å². The Balaban J connectivity index is 2.51. The molecule has 0 bridgehead atoms. The van der Waals surface area contributed by atoms with Crippen molar-refractivity contribution in [3.63, 3.8) is 0 Å². The first kappa shape index (κ1) is 11.3. The minimum absolute atomic E-state index is 0.131.